The highest BCUT2D eigenvalue weighted by Gasteiger charge is 2.25. The molecule has 0 aliphatic heterocycles. The summed E-state index contributed by atoms with van der Waals surface area (Å²) in [5.74, 6) is 0.986. The van der Waals surface area contributed by atoms with E-state index < -0.39 is 5.60 Å². The molecule has 2 amide bonds. The van der Waals surface area contributed by atoms with Crippen LogP contribution in [0.15, 0.2) is 36.7 Å². The van der Waals surface area contributed by atoms with Gasteiger partial charge < -0.3 is 20.3 Å². The number of benzene rings is 1. The molecule has 0 spiro atoms. The number of carbonyl (C=O) groups excluding carboxylic acids is 1. The molecule has 136 valence electrons. The summed E-state index contributed by atoms with van der Waals surface area (Å²) in [7, 11) is 0. The van der Waals surface area contributed by atoms with Crippen LogP contribution in [0.5, 0.6) is 0 Å². The summed E-state index contributed by atoms with van der Waals surface area (Å²) >= 11 is 0. The van der Waals surface area contributed by atoms with E-state index in [1.54, 1.807) is 13.1 Å². The number of rotatable bonds is 6. The van der Waals surface area contributed by atoms with Gasteiger partial charge in [0.1, 0.15) is 5.82 Å². The van der Waals surface area contributed by atoms with Gasteiger partial charge in [-0.1, -0.05) is 26.0 Å². The molecule has 0 fully saturated rings. The molecule has 6 heteroatoms. The van der Waals surface area contributed by atoms with Crippen LogP contribution in [-0.4, -0.2) is 32.8 Å². The highest BCUT2D eigenvalue weighted by molar-refractivity contribution is 5.74. The van der Waals surface area contributed by atoms with Crippen LogP contribution in [0.1, 0.15) is 45.1 Å². The monoisotopic (exact) mass is 344 g/mol. The van der Waals surface area contributed by atoms with Gasteiger partial charge in [-0.15, -0.1) is 0 Å². The van der Waals surface area contributed by atoms with E-state index in [2.05, 4.69) is 15.6 Å². The summed E-state index contributed by atoms with van der Waals surface area (Å²) < 4.78 is 2.00. The molecule has 2 atom stereocenters. The zero-order valence-corrected chi connectivity index (χ0v) is 15.6. The molecule has 0 radical (unpaired) electrons. The fourth-order valence-electron chi connectivity index (χ4n) is 2.37. The van der Waals surface area contributed by atoms with E-state index in [4.69, 9.17) is 0 Å². The van der Waals surface area contributed by atoms with E-state index in [1.165, 1.54) is 0 Å². The molecular weight excluding hydrogens is 316 g/mol. The maximum absolute atomic E-state index is 12.0. The minimum Gasteiger partial charge on any atom is -0.388 e. The lowest BCUT2D eigenvalue weighted by Gasteiger charge is -2.28. The van der Waals surface area contributed by atoms with Crippen molar-refractivity contribution in [2.24, 2.45) is 5.92 Å². The van der Waals surface area contributed by atoms with Gasteiger partial charge in [-0.3, -0.25) is 0 Å². The number of carbonyl (C=O) groups is 1. The zero-order chi connectivity index (χ0) is 18.6. The van der Waals surface area contributed by atoms with Gasteiger partial charge in [0.2, 0.25) is 0 Å². The number of hydrogen-bond acceptors (Lipinski definition) is 3. The standard InChI is InChI=1S/C19H28N4O2/c1-13(2)19(5,25)12-21-18(24)22-14(3)16-6-8-17(9-7-16)23-11-10-20-15(23)4/h6-11,13-14,25H,12H2,1-5H3,(H2,21,22,24). The SMILES string of the molecule is Cc1nccn1-c1ccc(C(C)NC(=O)NCC(C)(O)C(C)C)cc1. The Kier molecular flexibility index (Phi) is 5.85. The molecule has 3 N–H and O–H groups in total. The van der Waals surface area contributed by atoms with Crippen LogP contribution in [0, 0.1) is 12.8 Å². The van der Waals surface area contributed by atoms with Crippen LogP contribution >= 0.6 is 0 Å². The highest BCUT2D eigenvalue weighted by atomic mass is 16.3. The fraction of sp³-hybridized carbons (Fsp3) is 0.474. The molecule has 0 aliphatic carbocycles. The first kappa shape index (κ1) is 19.0. The Balaban J connectivity index is 1.93. The van der Waals surface area contributed by atoms with Gasteiger partial charge in [0, 0.05) is 24.6 Å². The maximum atomic E-state index is 12.0. The molecule has 2 unspecified atom stereocenters. The van der Waals surface area contributed by atoms with Gasteiger partial charge in [0.15, 0.2) is 0 Å². The van der Waals surface area contributed by atoms with E-state index in [0.29, 0.717) is 0 Å². The number of aromatic nitrogens is 2. The topological polar surface area (TPSA) is 79.2 Å². The molecular formula is C19H28N4O2. The van der Waals surface area contributed by atoms with Crippen molar-refractivity contribution in [1.82, 2.24) is 20.2 Å². The average molecular weight is 344 g/mol. The normalized spacial score (nSPS) is 14.8. The number of imidazole rings is 1. The summed E-state index contributed by atoms with van der Waals surface area (Å²) in [5.41, 5.74) is 1.11. The fourth-order valence-corrected chi connectivity index (χ4v) is 2.37. The molecule has 1 heterocycles. The first-order valence-corrected chi connectivity index (χ1v) is 8.57. The first-order chi connectivity index (χ1) is 11.7. The lowest BCUT2D eigenvalue weighted by molar-refractivity contribution is 0.0165. The number of nitrogens with zero attached hydrogens (tertiary/aromatic N) is 2. The van der Waals surface area contributed by atoms with Crippen molar-refractivity contribution in [3.05, 3.63) is 48.0 Å². The lowest BCUT2D eigenvalue weighted by Crippen LogP contribution is -2.47. The van der Waals surface area contributed by atoms with Crippen molar-refractivity contribution in [2.75, 3.05) is 6.54 Å². The summed E-state index contributed by atoms with van der Waals surface area (Å²) in [4.78, 5) is 16.3. The number of hydrogen-bond donors (Lipinski definition) is 3. The third-order valence-corrected chi connectivity index (χ3v) is 4.70. The summed E-state index contributed by atoms with van der Waals surface area (Å²) in [6.07, 6.45) is 3.68. The first-order valence-electron chi connectivity index (χ1n) is 8.57. The molecule has 6 nitrogen and oxygen atoms in total. The van der Waals surface area contributed by atoms with Crippen LogP contribution < -0.4 is 10.6 Å². The van der Waals surface area contributed by atoms with Crippen molar-refractivity contribution in [3.8, 4) is 5.69 Å². The number of aryl methyl sites for hydroxylation is 1. The molecule has 1 aromatic carbocycles. The van der Waals surface area contributed by atoms with Gasteiger partial charge in [0.05, 0.1) is 11.6 Å². The van der Waals surface area contributed by atoms with Crippen LogP contribution in [0.25, 0.3) is 5.69 Å². The molecule has 0 bridgehead atoms. The third-order valence-electron chi connectivity index (χ3n) is 4.70. The Labute approximate surface area is 149 Å². The van der Waals surface area contributed by atoms with Crippen LogP contribution in [-0.2, 0) is 0 Å². The predicted octanol–water partition coefficient (Wildman–Crippen LogP) is 2.95. The Morgan fingerprint density at radius 3 is 2.44 bits per heavy atom. The van der Waals surface area contributed by atoms with Crippen molar-refractivity contribution in [2.45, 2.75) is 46.3 Å². The smallest absolute Gasteiger partial charge is 0.315 e. The molecule has 2 rings (SSSR count). The van der Waals surface area contributed by atoms with Gasteiger partial charge in [-0.2, -0.15) is 0 Å². The second kappa shape index (κ2) is 7.70. The summed E-state index contributed by atoms with van der Waals surface area (Å²) in [5, 5.41) is 15.8. The predicted molar refractivity (Wildman–Crippen MR) is 98.7 cm³/mol. The van der Waals surface area contributed by atoms with E-state index in [9.17, 15) is 9.90 Å². The van der Waals surface area contributed by atoms with E-state index >= 15 is 0 Å². The Morgan fingerprint density at radius 1 is 1.28 bits per heavy atom. The van der Waals surface area contributed by atoms with Crippen LogP contribution in [0.2, 0.25) is 0 Å². The second-order valence-electron chi connectivity index (χ2n) is 7.00. The molecule has 0 saturated heterocycles. The van der Waals surface area contributed by atoms with Crippen molar-refractivity contribution >= 4 is 6.03 Å². The van der Waals surface area contributed by atoms with E-state index in [0.717, 1.165) is 17.1 Å². The molecule has 0 aliphatic rings. The number of nitrogens with one attached hydrogen (secondary N) is 2. The van der Waals surface area contributed by atoms with E-state index in [-0.39, 0.29) is 24.5 Å². The van der Waals surface area contributed by atoms with Crippen LogP contribution in [0.3, 0.4) is 0 Å². The zero-order valence-electron chi connectivity index (χ0n) is 15.6. The van der Waals surface area contributed by atoms with Crippen molar-refractivity contribution in [3.63, 3.8) is 0 Å². The molecule has 2 aromatic rings. The quantitative estimate of drug-likeness (QED) is 0.754. The number of aliphatic hydroxyl groups is 1. The molecule has 1 aromatic heterocycles. The second-order valence-corrected chi connectivity index (χ2v) is 7.00. The summed E-state index contributed by atoms with van der Waals surface area (Å²) in [6, 6.07) is 7.56. The average Bonchev–Trinajstić information content (AvgIpc) is 2.99. The van der Waals surface area contributed by atoms with Gasteiger partial charge in [0.25, 0.3) is 0 Å². The lowest BCUT2D eigenvalue weighted by atomic mass is 9.93. The maximum Gasteiger partial charge on any atom is 0.315 e. The highest BCUT2D eigenvalue weighted by Crippen LogP contribution is 2.17. The third kappa shape index (κ3) is 4.82. The molecule has 0 saturated carbocycles. The van der Waals surface area contributed by atoms with Gasteiger partial charge >= 0.3 is 6.03 Å². The largest absolute Gasteiger partial charge is 0.388 e. The van der Waals surface area contributed by atoms with Crippen molar-refractivity contribution < 1.29 is 9.90 Å². The minimum atomic E-state index is -0.926. The van der Waals surface area contributed by atoms with Crippen LogP contribution in [0.4, 0.5) is 4.79 Å². The number of urea groups is 1. The summed E-state index contributed by atoms with van der Waals surface area (Å²) in [6.45, 7) is 9.66. The van der Waals surface area contributed by atoms with E-state index in [1.807, 2.05) is 62.7 Å². The van der Waals surface area contributed by atoms with Crippen molar-refractivity contribution in [1.29, 1.82) is 0 Å². The number of amides is 2. The Morgan fingerprint density at radius 2 is 1.92 bits per heavy atom. The Hall–Kier alpha value is -2.34. The molecule has 25 heavy (non-hydrogen) atoms. The Bertz CT molecular complexity index is 704. The van der Waals surface area contributed by atoms with Gasteiger partial charge in [-0.05, 0) is 44.4 Å². The minimum absolute atomic E-state index is 0.0596. The van der Waals surface area contributed by atoms with Gasteiger partial charge in [-0.25, -0.2) is 9.78 Å².